The van der Waals surface area contributed by atoms with Crippen LogP contribution in [0.1, 0.15) is 22.0 Å². The number of carbonyl (C=O) groups is 2. The van der Waals surface area contributed by atoms with E-state index in [-0.39, 0.29) is 21.9 Å². The summed E-state index contributed by atoms with van der Waals surface area (Å²) < 4.78 is 5.23. The molecular weight excluding hydrogens is 457 g/mol. The summed E-state index contributed by atoms with van der Waals surface area (Å²) in [5.41, 5.74) is 1.53. The molecule has 2 aromatic carbocycles. The van der Waals surface area contributed by atoms with Crippen molar-refractivity contribution >= 4 is 57.7 Å². The minimum Gasteiger partial charge on any atom is -0.507 e. The Balaban J connectivity index is 1.99. The molecule has 5 nitrogen and oxygen atoms in total. The molecule has 0 radical (unpaired) electrons. The molecule has 4 rings (SSSR count). The second kappa shape index (κ2) is 8.38. The second-order valence-electron chi connectivity index (χ2n) is 6.96. The third-order valence-corrected chi connectivity index (χ3v) is 6.75. The first-order valence-corrected chi connectivity index (χ1v) is 10.9. The van der Waals surface area contributed by atoms with Crippen LogP contribution in [0.2, 0.25) is 10.0 Å². The number of amides is 1. The van der Waals surface area contributed by atoms with Crippen molar-refractivity contribution in [3.05, 3.63) is 85.5 Å². The highest BCUT2D eigenvalue weighted by Crippen LogP contribution is 2.46. The Morgan fingerprint density at radius 1 is 1.13 bits per heavy atom. The van der Waals surface area contributed by atoms with Crippen LogP contribution >= 0.6 is 34.5 Å². The molecule has 2 heterocycles. The van der Waals surface area contributed by atoms with Gasteiger partial charge in [0.15, 0.2) is 0 Å². The van der Waals surface area contributed by atoms with Crippen LogP contribution in [0.25, 0.3) is 5.76 Å². The molecule has 3 aromatic rings. The lowest BCUT2D eigenvalue weighted by molar-refractivity contribution is -0.132. The number of Topliss-reactive ketones (excluding diaryl/α,β-unsaturated/α-hetero) is 1. The van der Waals surface area contributed by atoms with E-state index in [1.165, 1.54) is 29.4 Å². The van der Waals surface area contributed by atoms with E-state index in [4.69, 9.17) is 27.9 Å². The number of aliphatic hydroxyl groups is 1. The van der Waals surface area contributed by atoms with Crippen LogP contribution in [-0.2, 0) is 9.59 Å². The number of ketones is 1. The topological polar surface area (TPSA) is 66.8 Å². The summed E-state index contributed by atoms with van der Waals surface area (Å²) in [7, 11) is 1.49. The van der Waals surface area contributed by atoms with Gasteiger partial charge in [-0.05, 0) is 60.3 Å². The third kappa shape index (κ3) is 3.71. The first kappa shape index (κ1) is 21.4. The summed E-state index contributed by atoms with van der Waals surface area (Å²) in [5, 5.41) is 13.7. The number of anilines is 1. The number of hydrogen-bond donors (Lipinski definition) is 1. The van der Waals surface area contributed by atoms with Crippen molar-refractivity contribution in [2.45, 2.75) is 13.0 Å². The summed E-state index contributed by atoms with van der Waals surface area (Å²) in [6, 6.07) is 12.5. The van der Waals surface area contributed by atoms with Gasteiger partial charge in [0.2, 0.25) is 0 Å². The van der Waals surface area contributed by atoms with Gasteiger partial charge in [0.1, 0.15) is 17.6 Å². The SMILES string of the molecule is COc1ccc(Cl)c(/C(O)=C2/C(=O)C(=O)N(c3cccc(Cl)c3)C2c2sccc2C)c1. The van der Waals surface area contributed by atoms with Crippen LogP contribution in [0.15, 0.2) is 59.5 Å². The van der Waals surface area contributed by atoms with Gasteiger partial charge in [-0.2, -0.15) is 0 Å². The quantitative estimate of drug-likeness (QED) is 0.286. The van der Waals surface area contributed by atoms with E-state index in [0.29, 0.717) is 16.5 Å². The minimum absolute atomic E-state index is 0.0364. The van der Waals surface area contributed by atoms with Gasteiger partial charge in [0, 0.05) is 21.2 Å². The summed E-state index contributed by atoms with van der Waals surface area (Å²) >= 11 is 13.9. The number of benzene rings is 2. The van der Waals surface area contributed by atoms with Crippen LogP contribution < -0.4 is 9.64 Å². The standard InChI is InChI=1S/C23H17Cl2NO4S/c1-12-8-9-31-22(12)19-18(20(27)16-11-15(30-2)6-7-17(16)25)21(28)23(29)26(19)14-5-3-4-13(24)10-14/h3-11,19,27H,1-2H3/b20-18-. The molecule has 0 saturated carbocycles. The molecule has 1 aliphatic heterocycles. The van der Waals surface area contributed by atoms with Gasteiger partial charge in [-0.3, -0.25) is 14.5 Å². The Labute approximate surface area is 193 Å². The average Bonchev–Trinajstić information content (AvgIpc) is 3.28. The summed E-state index contributed by atoms with van der Waals surface area (Å²) in [4.78, 5) is 28.4. The van der Waals surface area contributed by atoms with E-state index in [9.17, 15) is 14.7 Å². The van der Waals surface area contributed by atoms with Gasteiger partial charge >= 0.3 is 0 Å². The van der Waals surface area contributed by atoms with Crippen molar-refractivity contribution in [2.24, 2.45) is 0 Å². The van der Waals surface area contributed by atoms with Gasteiger partial charge in [0.25, 0.3) is 11.7 Å². The lowest BCUT2D eigenvalue weighted by Gasteiger charge is -2.25. The highest BCUT2D eigenvalue weighted by molar-refractivity contribution is 7.10. The van der Waals surface area contributed by atoms with E-state index in [0.717, 1.165) is 10.4 Å². The Hall–Kier alpha value is -2.80. The first-order chi connectivity index (χ1) is 14.8. The van der Waals surface area contributed by atoms with Crippen molar-refractivity contribution in [1.82, 2.24) is 0 Å². The molecule has 1 N–H and O–H groups in total. The third-order valence-electron chi connectivity index (χ3n) is 5.11. The number of halogens is 2. The molecule has 8 heteroatoms. The normalized spacial score (nSPS) is 17.9. The van der Waals surface area contributed by atoms with Crippen molar-refractivity contribution < 1.29 is 19.4 Å². The Morgan fingerprint density at radius 3 is 2.55 bits per heavy atom. The molecular formula is C23H17Cl2NO4S. The number of aliphatic hydroxyl groups excluding tert-OH is 1. The highest BCUT2D eigenvalue weighted by atomic mass is 35.5. The lowest BCUT2D eigenvalue weighted by atomic mass is 9.98. The second-order valence-corrected chi connectivity index (χ2v) is 8.75. The van der Waals surface area contributed by atoms with E-state index >= 15 is 0 Å². The maximum Gasteiger partial charge on any atom is 0.300 e. The fourth-order valence-electron chi connectivity index (χ4n) is 3.60. The van der Waals surface area contributed by atoms with Gasteiger partial charge in [-0.1, -0.05) is 29.3 Å². The largest absolute Gasteiger partial charge is 0.507 e. The van der Waals surface area contributed by atoms with Crippen LogP contribution in [0, 0.1) is 6.92 Å². The first-order valence-electron chi connectivity index (χ1n) is 9.28. The average molecular weight is 474 g/mol. The van der Waals surface area contributed by atoms with E-state index in [2.05, 4.69) is 0 Å². The fourth-order valence-corrected chi connectivity index (χ4v) is 5.01. The molecule has 158 valence electrons. The predicted molar refractivity (Wildman–Crippen MR) is 123 cm³/mol. The number of nitrogens with zero attached hydrogens (tertiary/aromatic N) is 1. The van der Waals surface area contributed by atoms with Crippen LogP contribution in [0.3, 0.4) is 0 Å². The molecule has 1 unspecified atom stereocenters. The smallest absolute Gasteiger partial charge is 0.300 e. The van der Waals surface area contributed by atoms with Crippen molar-refractivity contribution in [1.29, 1.82) is 0 Å². The number of rotatable bonds is 4. The maximum absolute atomic E-state index is 13.2. The lowest BCUT2D eigenvalue weighted by Crippen LogP contribution is -2.29. The molecule has 1 atom stereocenters. The summed E-state index contributed by atoms with van der Waals surface area (Å²) in [5.74, 6) is -1.45. The van der Waals surface area contributed by atoms with E-state index in [1.807, 2.05) is 18.4 Å². The number of aryl methyl sites for hydroxylation is 1. The van der Waals surface area contributed by atoms with Crippen LogP contribution in [0.5, 0.6) is 5.75 Å². The Morgan fingerprint density at radius 2 is 1.90 bits per heavy atom. The van der Waals surface area contributed by atoms with E-state index < -0.39 is 17.7 Å². The molecule has 0 aliphatic carbocycles. The van der Waals surface area contributed by atoms with Crippen LogP contribution in [0.4, 0.5) is 5.69 Å². The number of methoxy groups -OCH3 is 1. The maximum atomic E-state index is 13.2. The molecule has 0 bridgehead atoms. The highest BCUT2D eigenvalue weighted by Gasteiger charge is 2.48. The number of hydrogen-bond acceptors (Lipinski definition) is 5. The fraction of sp³-hybridized carbons (Fsp3) is 0.130. The zero-order valence-corrected chi connectivity index (χ0v) is 18.9. The number of thiophene rings is 1. The predicted octanol–water partition coefficient (Wildman–Crippen LogP) is 6.00. The van der Waals surface area contributed by atoms with Crippen LogP contribution in [-0.4, -0.2) is 23.9 Å². The monoisotopic (exact) mass is 473 g/mol. The zero-order valence-electron chi connectivity index (χ0n) is 16.6. The van der Waals surface area contributed by atoms with Crippen molar-refractivity contribution in [2.75, 3.05) is 12.0 Å². The number of ether oxygens (including phenoxy) is 1. The molecule has 0 spiro atoms. The van der Waals surface area contributed by atoms with Crippen molar-refractivity contribution in [3.8, 4) is 5.75 Å². The molecule has 1 aliphatic rings. The number of carbonyl (C=O) groups excluding carboxylic acids is 2. The van der Waals surface area contributed by atoms with E-state index in [1.54, 1.807) is 36.4 Å². The molecule has 31 heavy (non-hydrogen) atoms. The molecule has 1 aromatic heterocycles. The van der Waals surface area contributed by atoms with Gasteiger partial charge in [-0.25, -0.2) is 0 Å². The minimum atomic E-state index is -0.819. The Kier molecular flexibility index (Phi) is 5.79. The molecule has 1 fully saturated rings. The molecule has 1 saturated heterocycles. The van der Waals surface area contributed by atoms with Gasteiger partial charge in [-0.15, -0.1) is 11.3 Å². The Bertz CT molecular complexity index is 1230. The van der Waals surface area contributed by atoms with Gasteiger partial charge in [0.05, 0.1) is 17.7 Å². The zero-order chi connectivity index (χ0) is 22.3. The van der Waals surface area contributed by atoms with Crippen molar-refractivity contribution in [3.63, 3.8) is 0 Å². The summed E-state index contributed by atoms with van der Waals surface area (Å²) in [6.07, 6.45) is 0. The molecule has 1 amide bonds. The van der Waals surface area contributed by atoms with Gasteiger partial charge < -0.3 is 9.84 Å². The summed E-state index contributed by atoms with van der Waals surface area (Å²) in [6.45, 7) is 1.89.